The summed E-state index contributed by atoms with van der Waals surface area (Å²) in [6.07, 6.45) is 0.236. The molecule has 0 saturated carbocycles. The molecule has 20 nitrogen and oxygen atoms in total. The van der Waals surface area contributed by atoms with Crippen LogP contribution >= 0.6 is 0 Å². The molecular weight excluding hydrogens is 997 g/mol. The van der Waals surface area contributed by atoms with Crippen LogP contribution in [-0.2, 0) is 55.9 Å². The Balaban J connectivity index is 1.06. The SMILES string of the molecule is CCC(C)[C@@H]1NC(=O)[C@@H]2CCCN2C(=O)[C@H](C(C)C)NC(=O)[C@@H]2CCCN2C(=O)[C@H](C(C)CC)NC(=O)[C@@H]2C[C@]3(O)c4ccccc4N([C@@H]3N2)[C@]23C[C@H](NC1=O)C(=O)N1[C@@H](Cc4ccc(O)cc4)C(=O)N(c4ccccc42)[C@@H]13. The Morgan fingerprint density at radius 3 is 1.79 bits per heavy atom. The molecule has 14 atom stereocenters. The normalized spacial score (nSPS) is 33.7. The van der Waals surface area contributed by atoms with E-state index in [1.807, 2.05) is 69.0 Å². The summed E-state index contributed by atoms with van der Waals surface area (Å²) in [6, 6.07) is 12.3. The number of aromatic hydroxyl groups is 1. The van der Waals surface area contributed by atoms with E-state index in [2.05, 4.69) is 26.6 Å². The molecule has 3 aromatic carbocycles. The number of aliphatic hydroxyl groups is 1. The van der Waals surface area contributed by atoms with Gasteiger partial charge in [-0.2, -0.15) is 0 Å². The number of fused-ring (bicyclic) bond motifs is 9. The second-order valence-electron chi connectivity index (χ2n) is 23.4. The van der Waals surface area contributed by atoms with Crippen molar-refractivity contribution < 1.29 is 48.6 Å². The van der Waals surface area contributed by atoms with Gasteiger partial charge in [0.15, 0.2) is 0 Å². The second kappa shape index (κ2) is 20.0. The van der Waals surface area contributed by atoms with Crippen LogP contribution in [0, 0.1) is 17.8 Å². The Morgan fingerprint density at radius 1 is 0.603 bits per heavy atom. The summed E-state index contributed by atoms with van der Waals surface area (Å²) in [5.41, 5.74) is -0.289. The van der Waals surface area contributed by atoms with Gasteiger partial charge in [-0.1, -0.05) is 103 Å². The molecule has 8 amide bonds. The summed E-state index contributed by atoms with van der Waals surface area (Å²) in [7, 11) is 0. The van der Waals surface area contributed by atoms with E-state index >= 15 is 19.2 Å². The van der Waals surface area contributed by atoms with Gasteiger partial charge in [-0.3, -0.25) is 48.6 Å². The fourth-order valence-corrected chi connectivity index (χ4v) is 14.2. The molecule has 78 heavy (non-hydrogen) atoms. The number of carbonyl (C=O) groups is 8. The molecular formula is C58H72N10O10. The van der Waals surface area contributed by atoms with Gasteiger partial charge in [-0.25, -0.2) is 0 Å². The average molecular weight is 1070 g/mol. The molecule has 0 radical (unpaired) electrons. The van der Waals surface area contributed by atoms with Gasteiger partial charge in [0.25, 0.3) is 5.91 Å². The summed E-state index contributed by atoms with van der Waals surface area (Å²) >= 11 is 0. The lowest BCUT2D eigenvalue weighted by atomic mass is 9.76. The molecule has 11 rings (SSSR count). The smallest absolute Gasteiger partial charge is 0.252 e. The molecule has 4 bridgehead atoms. The zero-order valence-corrected chi connectivity index (χ0v) is 45.1. The second-order valence-corrected chi connectivity index (χ2v) is 23.4. The van der Waals surface area contributed by atoms with Gasteiger partial charge in [0, 0.05) is 49.2 Å². The monoisotopic (exact) mass is 1070 g/mol. The fourth-order valence-electron chi connectivity index (χ4n) is 14.2. The summed E-state index contributed by atoms with van der Waals surface area (Å²) in [5.74, 6) is -5.34. The molecule has 6 saturated heterocycles. The third-order valence-corrected chi connectivity index (χ3v) is 18.6. The molecule has 0 aromatic heterocycles. The van der Waals surface area contributed by atoms with Gasteiger partial charge in [-0.15, -0.1) is 0 Å². The van der Waals surface area contributed by atoms with Crippen LogP contribution in [0.1, 0.15) is 110 Å². The third-order valence-electron chi connectivity index (χ3n) is 18.6. The number of hydrogen-bond donors (Lipinski definition) is 7. The van der Waals surface area contributed by atoms with Crippen LogP contribution in [-0.4, -0.2) is 146 Å². The van der Waals surface area contributed by atoms with Crippen molar-refractivity contribution in [2.24, 2.45) is 17.8 Å². The Bertz CT molecular complexity index is 2960. The van der Waals surface area contributed by atoms with Crippen molar-refractivity contribution in [2.75, 3.05) is 22.9 Å². The molecule has 2 unspecified atom stereocenters. The van der Waals surface area contributed by atoms with E-state index in [9.17, 15) is 29.4 Å². The first-order valence-electron chi connectivity index (χ1n) is 28.1. The Labute approximate surface area is 454 Å². The Hall–Kier alpha value is -7.06. The summed E-state index contributed by atoms with van der Waals surface area (Å²) in [6.45, 7) is 11.5. The summed E-state index contributed by atoms with van der Waals surface area (Å²) in [5, 5.41) is 39.3. The minimum absolute atomic E-state index is 0.0259. The predicted octanol–water partition coefficient (Wildman–Crippen LogP) is 2.20. The predicted molar refractivity (Wildman–Crippen MR) is 286 cm³/mol. The number of rotatable bonds is 7. The van der Waals surface area contributed by atoms with Crippen LogP contribution in [0.5, 0.6) is 5.75 Å². The number of piperidine rings is 1. The highest BCUT2D eigenvalue weighted by atomic mass is 16.3. The van der Waals surface area contributed by atoms with E-state index < -0.39 is 125 Å². The Morgan fingerprint density at radius 2 is 1.17 bits per heavy atom. The van der Waals surface area contributed by atoms with E-state index in [-0.39, 0.29) is 49.9 Å². The van der Waals surface area contributed by atoms with Gasteiger partial charge >= 0.3 is 0 Å². The average Bonchev–Trinajstić information content (AvgIpc) is 2.26. The van der Waals surface area contributed by atoms with Crippen molar-refractivity contribution >= 4 is 58.6 Å². The maximum Gasteiger partial charge on any atom is 0.252 e. The molecule has 8 aliphatic heterocycles. The van der Waals surface area contributed by atoms with Crippen molar-refractivity contribution in [1.82, 2.24) is 41.3 Å². The van der Waals surface area contributed by atoms with Crippen LogP contribution in [0.3, 0.4) is 0 Å². The van der Waals surface area contributed by atoms with Crippen LogP contribution in [0.2, 0.25) is 0 Å². The van der Waals surface area contributed by atoms with Crippen molar-refractivity contribution in [1.29, 1.82) is 0 Å². The van der Waals surface area contributed by atoms with E-state index in [1.165, 1.54) is 21.9 Å². The van der Waals surface area contributed by atoms with E-state index in [1.54, 1.807) is 47.9 Å². The number of anilines is 2. The molecule has 3 aromatic rings. The zero-order valence-electron chi connectivity index (χ0n) is 45.1. The quantitative estimate of drug-likeness (QED) is 0.180. The summed E-state index contributed by atoms with van der Waals surface area (Å²) in [4.78, 5) is 128. The van der Waals surface area contributed by atoms with Crippen molar-refractivity contribution in [3.63, 3.8) is 0 Å². The number of amides is 8. The number of carbonyl (C=O) groups excluding carboxylic acids is 8. The molecule has 8 aliphatic rings. The van der Waals surface area contributed by atoms with Gasteiger partial charge in [0.1, 0.15) is 71.5 Å². The van der Waals surface area contributed by atoms with E-state index in [0.29, 0.717) is 66.6 Å². The maximum atomic E-state index is 15.7. The highest BCUT2D eigenvalue weighted by molar-refractivity contribution is 6.09. The van der Waals surface area contributed by atoms with Gasteiger partial charge in [0.2, 0.25) is 41.4 Å². The third kappa shape index (κ3) is 8.20. The van der Waals surface area contributed by atoms with Crippen LogP contribution in [0.25, 0.3) is 0 Å². The number of phenolic OH excluding ortho intramolecular Hbond substituents is 1. The zero-order chi connectivity index (χ0) is 55.3. The number of nitrogens with one attached hydrogen (secondary N) is 5. The van der Waals surface area contributed by atoms with Gasteiger partial charge in [0.05, 0.1) is 11.7 Å². The number of benzene rings is 3. The fraction of sp³-hybridized carbons (Fsp3) is 0.552. The lowest BCUT2D eigenvalue weighted by Gasteiger charge is -2.54. The number of hydrogen-bond acceptors (Lipinski definition) is 12. The number of phenols is 1. The van der Waals surface area contributed by atoms with Gasteiger partial charge in [-0.05, 0) is 73.3 Å². The topological polar surface area (TPSA) is 253 Å². The minimum atomic E-state index is -1.76. The van der Waals surface area contributed by atoms with Crippen LogP contribution in [0.15, 0.2) is 72.8 Å². The first-order chi connectivity index (χ1) is 37.3. The van der Waals surface area contributed by atoms with E-state index in [4.69, 9.17) is 0 Å². The number of para-hydroxylation sites is 2. The maximum absolute atomic E-state index is 15.7. The minimum Gasteiger partial charge on any atom is -0.508 e. The molecule has 8 heterocycles. The highest BCUT2D eigenvalue weighted by Gasteiger charge is 2.73. The number of nitrogens with zero attached hydrogens (tertiary/aromatic N) is 5. The molecule has 414 valence electrons. The van der Waals surface area contributed by atoms with Crippen molar-refractivity contribution in [2.45, 2.75) is 171 Å². The molecule has 20 heteroatoms. The largest absolute Gasteiger partial charge is 0.508 e. The molecule has 7 N–H and O–H groups in total. The highest BCUT2D eigenvalue weighted by Crippen LogP contribution is 2.63. The van der Waals surface area contributed by atoms with Crippen LogP contribution < -0.4 is 36.4 Å². The van der Waals surface area contributed by atoms with Crippen molar-refractivity contribution in [3.05, 3.63) is 89.5 Å². The summed E-state index contributed by atoms with van der Waals surface area (Å²) < 4.78 is 0. The molecule has 1 spiro atoms. The van der Waals surface area contributed by atoms with E-state index in [0.717, 1.165) is 0 Å². The lowest BCUT2D eigenvalue weighted by molar-refractivity contribution is -0.148. The Kier molecular flexibility index (Phi) is 13.6. The molecule has 6 fully saturated rings. The standard InChI is InChI=1S/C58H72N10O10/c1-7-31(5)45-50(73)59-38-28-57(35-15-9-11-17-39(35)66-52(75)43(67(51(38)74)56(57)66)27-33-21-23-34(69)24-22-33)68-40-18-12-10-16-36(40)58(78)29-37(60-55(58)68)47(70)63-46(32(6)8-2)54(77)65-26-14-19-41(65)48(71)61-44(30(3)4)53(76)64-25-13-20-42(64)49(72)62-45/h9-12,15-18,21-24,30-32,37-38,41-46,55-56,60,69,78H,7-8,13-14,19-20,25-29H2,1-6H3,(H,59,73)(H,61,71)(H,62,72)(H,63,70)/t31?,32?,37-,38-,41-,42-,43-,44-,45-,46-,55-,56-,57+,58-/m0/s1. The van der Waals surface area contributed by atoms with Gasteiger partial charge < -0.3 is 51.1 Å². The van der Waals surface area contributed by atoms with Crippen molar-refractivity contribution in [3.8, 4) is 5.75 Å². The first kappa shape index (κ1) is 53.0. The van der Waals surface area contributed by atoms with Crippen LogP contribution in [0.4, 0.5) is 11.4 Å². The lowest BCUT2D eigenvalue weighted by Crippen LogP contribution is -2.73. The first-order valence-corrected chi connectivity index (χ1v) is 28.1. The molecule has 0 aliphatic carbocycles.